The molecule has 0 aliphatic rings. The Balaban J connectivity index is 2.23. The fraction of sp³-hybridized carbons (Fsp3) is 0.0769. The largest absolute Gasteiger partial charge is 0.465 e. The lowest BCUT2D eigenvalue weighted by Crippen LogP contribution is -2.01. The Morgan fingerprint density at radius 1 is 1.32 bits per heavy atom. The predicted octanol–water partition coefficient (Wildman–Crippen LogP) is 3.45. The van der Waals surface area contributed by atoms with Crippen molar-refractivity contribution in [2.24, 2.45) is 0 Å². The van der Waals surface area contributed by atoms with Gasteiger partial charge in [0.2, 0.25) is 5.88 Å². The first kappa shape index (κ1) is 13.3. The Hall–Kier alpha value is -2.14. The van der Waals surface area contributed by atoms with Gasteiger partial charge in [0, 0.05) is 18.3 Å². The van der Waals surface area contributed by atoms with E-state index in [4.69, 9.17) is 16.3 Å². The van der Waals surface area contributed by atoms with Crippen molar-refractivity contribution >= 4 is 17.6 Å². The molecule has 2 aromatic rings. The number of benzene rings is 1. The number of pyridine rings is 1. The van der Waals surface area contributed by atoms with Gasteiger partial charge in [0.1, 0.15) is 11.6 Å². The van der Waals surface area contributed by atoms with E-state index in [-0.39, 0.29) is 10.9 Å². The summed E-state index contributed by atoms with van der Waals surface area (Å²) in [6.07, 6.45) is 1.41. The van der Waals surface area contributed by atoms with Crippen LogP contribution >= 0.6 is 11.6 Å². The zero-order valence-corrected chi connectivity index (χ0v) is 10.6. The fourth-order valence-electron chi connectivity index (χ4n) is 1.37. The van der Waals surface area contributed by atoms with Crippen molar-refractivity contribution in [3.8, 4) is 11.6 Å². The molecule has 0 saturated carbocycles. The van der Waals surface area contributed by atoms with Crippen molar-refractivity contribution in [3.63, 3.8) is 0 Å². The van der Waals surface area contributed by atoms with Crippen molar-refractivity contribution < 1.29 is 18.7 Å². The minimum Gasteiger partial charge on any atom is -0.465 e. The molecule has 0 saturated heterocycles. The lowest BCUT2D eigenvalue weighted by atomic mass is 10.3. The summed E-state index contributed by atoms with van der Waals surface area (Å²) in [5.74, 6) is -0.527. The first-order valence-electron chi connectivity index (χ1n) is 5.27. The first-order valence-corrected chi connectivity index (χ1v) is 5.65. The molecule has 2 rings (SSSR count). The van der Waals surface area contributed by atoms with Crippen molar-refractivity contribution in [2.45, 2.75) is 0 Å². The highest BCUT2D eigenvalue weighted by Crippen LogP contribution is 2.25. The van der Waals surface area contributed by atoms with E-state index in [1.54, 1.807) is 0 Å². The zero-order valence-electron chi connectivity index (χ0n) is 9.89. The molecule has 1 aromatic carbocycles. The summed E-state index contributed by atoms with van der Waals surface area (Å²) >= 11 is 5.63. The molecule has 4 nitrogen and oxygen atoms in total. The highest BCUT2D eigenvalue weighted by molar-refractivity contribution is 6.30. The lowest BCUT2D eigenvalue weighted by Gasteiger charge is -2.06. The van der Waals surface area contributed by atoms with Crippen molar-refractivity contribution in [3.05, 3.63) is 52.9 Å². The van der Waals surface area contributed by atoms with E-state index in [9.17, 15) is 9.18 Å². The number of methoxy groups -OCH3 is 1. The van der Waals surface area contributed by atoms with Gasteiger partial charge in [-0.25, -0.2) is 14.2 Å². The molecule has 1 heterocycles. The summed E-state index contributed by atoms with van der Waals surface area (Å²) in [5.41, 5.74) is 0.306. The van der Waals surface area contributed by atoms with Gasteiger partial charge in [-0.1, -0.05) is 11.6 Å². The molecule has 0 radical (unpaired) electrons. The number of aromatic nitrogens is 1. The van der Waals surface area contributed by atoms with Crippen LogP contribution in [0.4, 0.5) is 4.39 Å². The van der Waals surface area contributed by atoms with Crippen molar-refractivity contribution in [1.82, 2.24) is 4.98 Å². The summed E-state index contributed by atoms with van der Waals surface area (Å²) in [4.78, 5) is 15.3. The minimum atomic E-state index is -0.537. The van der Waals surface area contributed by atoms with Crippen molar-refractivity contribution in [2.75, 3.05) is 7.11 Å². The van der Waals surface area contributed by atoms with E-state index in [1.807, 2.05) is 0 Å². The van der Waals surface area contributed by atoms with Gasteiger partial charge >= 0.3 is 5.97 Å². The van der Waals surface area contributed by atoms with E-state index in [0.717, 1.165) is 0 Å². The number of rotatable bonds is 3. The molecule has 6 heteroatoms. The lowest BCUT2D eigenvalue weighted by molar-refractivity contribution is 0.0600. The van der Waals surface area contributed by atoms with Gasteiger partial charge in [0.25, 0.3) is 0 Å². The standard InChI is InChI=1S/C13H9ClFNO3/c1-18-13(17)8-4-5-16-12(6-8)19-9-2-3-11(15)10(14)7-9/h2-7H,1H3. The summed E-state index contributed by atoms with van der Waals surface area (Å²) in [7, 11) is 1.28. The first-order chi connectivity index (χ1) is 9.10. The molecule has 0 spiro atoms. The van der Waals surface area contributed by atoms with Crippen LogP contribution in [0.25, 0.3) is 0 Å². The average Bonchev–Trinajstić information content (AvgIpc) is 2.42. The Bertz CT molecular complexity index is 619. The molecule has 1 aromatic heterocycles. The number of halogens is 2. The van der Waals surface area contributed by atoms with Gasteiger partial charge in [-0.05, 0) is 18.2 Å². The number of ether oxygens (including phenoxy) is 2. The van der Waals surface area contributed by atoms with Gasteiger partial charge in [-0.2, -0.15) is 0 Å². The Labute approximate surface area is 113 Å². The molecule has 0 N–H and O–H groups in total. The Morgan fingerprint density at radius 3 is 2.79 bits per heavy atom. The van der Waals surface area contributed by atoms with Crippen LogP contribution in [-0.2, 0) is 4.74 Å². The van der Waals surface area contributed by atoms with E-state index >= 15 is 0 Å². The Morgan fingerprint density at radius 2 is 2.11 bits per heavy atom. The normalized spacial score (nSPS) is 10.1. The fourth-order valence-corrected chi connectivity index (χ4v) is 1.54. The second kappa shape index (κ2) is 5.67. The summed E-state index contributed by atoms with van der Waals surface area (Å²) in [5, 5.41) is -0.0541. The third kappa shape index (κ3) is 3.20. The molecule has 0 unspecified atom stereocenters. The Kier molecular flexibility index (Phi) is 3.97. The topological polar surface area (TPSA) is 48.4 Å². The number of hydrogen-bond acceptors (Lipinski definition) is 4. The number of esters is 1. The molecular weight excluding hydrogens is 273 g/mol. The zero-order chi connectivity index (χ0) is 13.8. The van der Waals surface area contributed by atoms with Crippen molar-refractivity contribution in [1.29, 1.82) is 0 Å². The number of nitrogens with zero attached hydrogens (tertiary/aromatic N) is 1. The summed E-state index contributed by atoms with van der Waals surface area (Å²) in [6.45, 7) is 0. The molecule has 0 amide bonds. The molecule has 0 aliphatic carbocycles. The van der Waals surface area contributed by atoms with Gasteiger partial charge in [0.15, 0.2) is 0 Å². The molecule has 0 aliphatic heterocycles. The van der Waals surface area contributed by atoms with Crippen LogP contribution in [0.5, 0.6) is 11.6 Å². The van der Waals surface area contributed by atoms with Crippen LogP contribution in [-0.4, -0.2) is 18.1 Å². The van der Waals surface area contributed by atoms with Gasteiger partial charge in [-0.15, -0.1) is 0 Å². The van der Waals surface area contributed by atoms with E-state index in [0.29, 0.717) is 11.3 Å². The molecule has 98 valence electrons. The SMILES string of the molecule is COC(=O)c1ccnc(Oc2ccc(F)c(Cl)c2)c1. The van der Waals surface area contributed by atoms with E-state index in [2.05, 4.69) is 9.72 Å². The smallest absolute Gasteiger partial charge is 0.338 e. The average molecular weight is 282 g/mol. The summed E-state index contributed by atoms with van der Waals surface area (Å²) < 4.78 is 23.0. The van der Waals surface area contributed by atoms with Gasteiger partial charge < -0.3 is 9.47 Å². The second-order valence-electron chi connectivity index (χ2n) is 3.55. The molecule has 19 heavy (non-hydrogen) atoms. The highest BCUT2D eigenvalue weighted by Gasteiger charge is 2.08. The molecule has 0 atom stereocenters. The number of carbonyl (C=O) groups excluding carboxylic acids is 1. The van der Waals surface area contributed by atoms with Crippen LogP contribution in [0.1, 0.15) is 10.4 Å². The number of carbonyl (C=O) groups is 1. The minimum absolute atomic E-state index is 0.0541. The van der Waals surface area contributed by atoms with Gasteiger partial charge in [-0.3, -0.25) is 0 Å². The quantitative estimate of drug-likeness (QED) is 0.809. The van der Waals surface area contributed by atoms with Crippen LogP contribution in [0.2, 0.25) is 5.02 Å². The number of hydrogen-bond donors (Lipinski definition) is 0. The van der Waals surface area contributed by atoms with Crippen LogP contribution < -0.4 is 4.74 Å². The highest BCUT2D eigenvalue weighted by atomic mass is 35.5. The van der Waals surface area contributed by atoms with Crippen LogP contribution in [0.3, 0.4) is 0 Å². The third-order valence-corrected chi connectivity index (χ3v) is 2.56. The van der Waals surface area contributed by atoms with Crippen LogP contribution in [0, 0.1) is 5.82 Å². The maximum absolute atomic E-state index is 13.0. The predicted molar refractivity (Wildman–Crippen MR) is 67.1 cm³/mol. The molecule has 0 bridgehead atoms. The van der Waals surface area contributed by atoms with E-state index < -0.39 is 11.8 Å². The molecule has 0 fully saturated rings. The summed E-state index contributed by atoms with van der Waals surface area (Å²) in [6, 6.07) is 6.83. The third-order valence-electron chi connectivity index (χ3n) is 2.27. The van der Waals surface area contributed by atoms with Gasteiger partial charge in [0.05, 0.1) is 17.7 Å². The second-order valence-corrected chi connectivity index (χ2v) is 3.96. The van der Waals surface area contributed by atoms with Crippen LogP contribution in [0.15, 0.2) is 36.5 Å². The monoisotopic (exact) mass is 281 g/mol. The molecular formula is C13H9ClFNO3. The van der Waals surface area contributed by atoms with E-state index in [1.165, 1.54) is 43.6 Å². The maximum atomic E-state index is 13.0. The maximum Gasteiger partial charge on any atom is 0.338 e.